The molecule has 1 aliphatic rings. The molecular formula is C3H5NO3. The summed E-state index contributed by atoms with van der Waals surface area (Å²) >= 11 is 0. The molecule has 0 saturated carbocycles. The van der Waals surface area contributed by atoms with Crippen LogP contribution in [0.5, 0.6) is 0 Å². The fourth-order valence-electron chi connectivity index (χ4n) is 0.268. The van der Waals surface area contributed by atoms with Gasteiger partial charge < -0.3 is 4.84 Å². The summed E-state index contributed by atoms with van der Waals surface area (Å²) in [4.78, 5) is 18.8. The average Bonchev–Trinajstić information content (AvgIpc) is 1.91. The monoisotopic (exact) mass is 103 g/mol. The van der Waals surface area contributed by atoms with Crippen LogP contribution < -0.4 is 5.64 Å². The van der Waals surface area contributed by atoms with Crippen molar-refractivity contribution >= 4 is 5.97 Å². The van der Waals surface area contributed by atoms with Crippen molar-refractivity contribution in [3.8, 4) is 0 Å². The maximum Gasteiger partial charge on any atom is 0.358 e. The maximum absolute atomic E-state index is 10.2. The van der Waals surface area contributed by atoms with Crippen LogP contribution in [0, 0.1) is 0 Å². The van der Waals surface area contributed by atoms with Gasteiger partial charge in [-0.2, -0.15) is 0 Å². The van der Waals surface area contributed by atoms with Gasteiger partial charge in [-0.15, -0.1) is 0 Å². The van der Waals surface area contributed by atoms with Gasteiger partial charge in [-0.05, 0) is 12.6 Å². The molecule has 0 spiro atoms. The molecule has 0 aromatic carbocycles. The van der Waals surface area contributed by atoms with Crippen molar-refractivity contribution in [2.75, 3.05) is 0 Å². The van der Waals surface area contributed by atoms with E-state index in [9.17, 15) is 4.79 Å². The molecule has 4 nitrogen and oxygen atoms in total. The second-order valence-corrected chi connectivity index (χ2v) is 1.26. The zero-order valence-corrected chi connectivity index (χ0v) is 3.80. The number of rotatable bonds is 0. The zero-order chi connectivity index (χ0) is 5.28. The van der Waals surface area contributed by atoms with E-state index in [-0.39, 0.29) is 5.97 Å². The highest BCUT2D eigenvalue weighted by molar-refractivity contribution is 5.74. The van der Waals surface area contributed by atoms with Crippen molar-refractivity contribution in [3.63, 3.8) is 0 Å². The molecule has 1 rings (SSSR count). The third kappa shape index (κ3) is 0.703. The molecule has 0 aromatic heterocycles. The molecular weight excluding hydrogens is 98.0 g/mol. The molecule has 0 radical (unpaired) electrons. The molecule has 0 amide bonds. The summed E-state index contributed by atoms with van der Waals surface area (Å²) in [5, 5.41) is 0. The topological polar surface area (TPSA) is 47.6 Å². The Labute approximate surface area is 40.3 Å². The molecule has 1 fully saturated rings. The summed E-state index contributed by atoms with van der Waals surface area (Å²) in [6, 6.07) is 0. The van der Waals surface area contributed by atoms with E-state index in [1.807, 2.05) is 5.64 Å². The quantitative estimate of drug-likeness (QED) is 0.443. The Morgan fingerprint density at radius 3 is 2.71 bits per heavy atom. The number of hydrogen-bond acceptors (Lipinski definition) is 4. The van der Waals surface area contributed by atoms with Crippen LogP contribution in [0.3, 0.4) is 0 Å². The minimum Gasteiger partial charge on any atom is -0.342 e. The van der Waals surface area contributed by atoms with Gasteiger partial charge in [0.2, 0.25) is 0 Å². The fraction of sp³-hybridized carbons (Fsp3) is 0.667. The van der Waals surface area contributed by atoms with E-state index in [1.54, 1.807) is 6.92 Å². The molecule has 0 bridgehead atoms. The molecule has 1 saturated heterocycles. The van der Waals surface area contributed by atoms with Crippen LogP contribution in [0.25, 0.3) is 0 Å². The lowest BCUT2D eigenvalue weighted by Crippen LogP contribution is -2.09. The van der Waals surface area contributed by atoms with E-state index in [4.69, 9.17) is 0 Å². The predicted octanol–water partition coefficient (Wildman–Crippen LogP) is -0.632. The van der Waals surface area contributed by atoms with Gasteiger partial charge in [-0.1, -0.05) is 0 Å². The van der Waals surface area contributed by atoms with Crippen molar-refractivity contribution in [2.45, 2.75) is 13.0 Å². The molecule has 0 aromatic rings. The largest absolute Gasteiger partial charge is 0.358 e. The van der Waals surface area contributed by atoms with Crippen molar-refractivity contribution in [3.05, 3.63) is 0 Å². The molecule has 7 heavy (non-hydrogen) atoms. The van der Waals surface area contributed by atoms with Gasteiger partial charge in [0.1, 0.15) is 0 Å². The molecule has 40 valence electrons. The summed E-state index contributed by atoms with van der Waals surface area (Å²) in [7, 11) is 0. The lowest BCUT2D eigenvalue weighted by molar-refractivity contribution is -0.147. The van der Waals surface area contributed by atoms with Gasteiger partial charge in [0.25, 0.3) is 0 Å². The Kier molecular flexibility index (Phi) is 0.958. The average molecular weight is 103 g/mol. The fourth-order valence-corrected chi connectivity index (χ4v) is 0.268. The van der Waals surface area contributed by atoms with Crippen LogP contribution in [-0.2, 0) is 14.5 Å². The number of nitrogens with one attached hydrogen (secondary N) is 1. The second-order valence-electron chi connectivity index (χ2n) is 1.26. The van der Waals surface area contributed by atoms with Gasteiger partial charge in [0.05, 0.1) is 0 Å². The molecule has 1 N–H and O–H groups in total. The smallest absolute Gasteiger partial charge is 0.342 e. The van der Waals surface area contributed by atoms with Gasteiger partial charge >= 0.3 is 5.97 Å². The maximum atomic E-state index is 10.2. The molecule has 0 aliphatic carbocycles. The van der Waals surface area contributed by atoms with E-state index >= 15 is 0 Å². The second kappa shape index (κ2) is 1.48. The van der Waals surface area contributed by atoms with E-state index in [0.29, 0.717) is 0 Å². The van der Waals surface area contributed by atoms with E-state index in [1.165, 1.54) is 0 Å². The summed E-state index contributed by atoms with van der Waals surface area (Å²) < 4.78 is 0. The first kappa shape index (κ1) is 4.55. The highest BCUT2D eigenvalue weighted by Crippen LogP contribution is 1.96. The number of carbonyl (C=O) groups excluding carboxylic acids is 1. The molecule has 4 heteroatoms. The van der Waals surface area contributed by atoms with Gasteiger partial charge in [0, 0.05) is 0 Å². The first-order valence-electron chi connectivity index (χ1n) is 1.92. The summed E-state index contributed by atoms with van der Waals surface area (Å²) in [5.74, 6) is -0.375. The summed E-state index contributed by atoms with van der Waals surface area (Å²) in [5.41, 5.74) is 1.97. The van der Waals surface area contributed by atoms with Crippen molar-refractivity contribution < 1.29 is 14.5 Å². The van der Waals surface area contributed by atoms with Crippen molar-refractivity contribution in [1.82, 2.24) is 5.64 Å². The Morgan fingerprint density at radius 2 is 2.57 bits per heavy atom. The lowest BCUT2D eigenvalue weighted by Gasteiger charge is -1.85. The van der Waals surface area contributed by atoms with Crippen LogP contribution in [0.1, 0.15) is 6.92 Å². The highest BCUT2D eigenvalue weighted by Gasteiger charge is 2.22. The minimum absolute atomic E-state index is 0.375. The minimum atomic E-state index is -0.458. The standard InChI is InChI=1S/C3H5NO3/c1-2-3(5)7-4-6-2/h2,4H,1H3. The first-order chi connectivity index (χ1) is 3.30. The Balaban J connectivity index is 2.48. The van der Waals surface area contributed by atoms with Crippen LogP contribution in [0.15, 0.2) is 0 Å². The van der Waals surface area contributed by atoms with Gasteiger partial charge in [-0.3, -0.25) is 4.84 Å². The van der Waals surface area contributed by atoms with Gasteiger partial charge in [-0.25, -0.2) is 4.79 Å². The third-order valence-electron chi connectivity index (χ3n) is 0.699. The van der Waals surface area contributed by atoms with E-state index in [0.717, 1.165) is 0 Å². The Morgan fingerprint density at radius 1 is 1.86 bits per heavy atom. The lowest BCUT2D eigenvalue weighted by atomic mass is 10.4. The van der Waals surface area contributed by atoms with Crippen LogP contribution in [-0.4, -0.2) is 12.1 Å². The first-order valence-corrected chi connectivity index (χ1v) is 1.92. The van der Waals surface area contributed by atoms with Crippen molar-refractivity contribution in [2.24, 2.45) is 0 Å². The zero-order valence-electron chi connectivity index (χ0n) is 3.80. The van der Waals surface area contributed by atoms with Gasteiger partial charge in [0.15, 0.2) is 6.10 Å². The highest BCUT2D eigenvalue weighted by atomic mass is 17.0. The molecule has 1 unspecified atom stereocenters. The normalized spacial score (nSPS) is 30.4. The Hall–Kier alpha value is -0.610. The van der Waals surface area contributed by atoms with E-state index in [2.05, 4.69) is 9.68 Å². The number of hydrogen-bond donors (Lipinski definition) is 1. The molecule has 1 aliphatic heterocycles. The summed E-state index contributed by atoms with van der Waals surface area (Å²) in [6.07, 6.45) is -0.458. The number of carbonyl (C=O) groups is 1. The van der Waals surface area contributed by atoms with Crippen molar-refractivity contribution in [1.29, 1.82) is 0 Å². The van der Waals surface area contributed by atoms with Crippen LogP contribution >= 0.6 is 0 Å². The predicted molar refractivity (Wildman–Crippen MR) is 19.8 cm³/mol. The molecule has 1 heterocycles. The SMILES string of the molecule is CC1ONOC1=O. The van der Waals surface area contributed by atoms with E-state index < -0.39 is 6.10 Å². The summed E-state index contributed by atoms with van der Waals surface area (Å²) in [6.45, 7) is 1.60. The van der Waals surface area contributed by atoms with Crippen LogP contribution in [0.4, 0.5) is 0 Å². The van der Waals surface area contributed by atoms with Crippen LogP contribution in [0.2, 0.25) is 0 Å². The third-order valence-corrected chi connectivity index (χ3v) is 0.699. The Bertz CT molecular complexity index is 92.2. The molecule has 1 atom stereocenters.